The van der Waals surface area contributed by atoms with E-state index in [4.69, 9.17) is 9.47 Å². The summed E-state index contributed by atoms with van der Waals surface area (Å²) >= 11 is 1.69. The molecule has 0 atom stereocenters. The number of thiophene rings is 1. The molecule has 0 bridgehead atoms. The fraction of sp³-hybridized carbons (Fsp3) is 0.304. The molecule has 1 N–H and O–H groups in total. The Morgan fingerprint density at radius 3 is 2.39 bits per heavy atom. The molecule has 0 saturated heterocycles. The number of hydrogen-bond acceptors (Lipinski definition) is 5. The Bertz CT molecular complexity index is 863. The number of hydrogen-bond donors (Lipinski definition) is 1. The lowest BCUT2D eigenvalue weighted by Gasteiger charge is -2.13. The number of nitrogens with one attached hydrogen (secondary N) is 1. The van der Waals surface area contributed by atoms with Crippen molar-refractivity contribution in [1.29, 1.82) is 0 Å². The Hall–Kier alpha value is -2.34. The van der Waals surface area contributed by atoms with Gasteiger partial charge < -0.3 is 19.7 Å². The standard InChI is InChI=1S/C23H28N2O2S/c1-25(2)16-20-7-4-6-18(12-20)14-24-15-19-9-10-22(23(13-19)26-3)27-17-21-8-5-11-28-21/h4-13,24H,14-17H2,1-3H3. The summed E-state index contributed by atoms with van der Waals surface area (Å²) in [5, 5.41) is 5.57. The second kappa shape index (κ2) is 10.3. The van der Waals surface area contributed by atoms with Crippen LogP contribution in [0.3, 0.4) is 0 Å². The smallest absolute Gasteiger partial charge is 0.161 e. The highest BCUT2D eigenvalue weighted by Crippen LogP contribution is 2.29. The maximum atomic E-state index is 5.91. The Morgan fingerprint density at radius 1 is 0.893 bits per heavy atom. The highest BCUT2D eigenvalue weighted by molar-refractivity contribution is 7.09. The number of ether oxygens (including phenoxy) is 2. The van der Waals surface area contributed by atoms with E-state index in [1.54, 1.807) is 18.4 Å². The van der Waals surface area contributed by atoms with Crippen LogP contribution in [0.15, 0.2) is 60.0 Å². The average Bonchev–Trinajstić information content (AvgIpc) is 3.20. The van der Waals surface area contributed by atoms with Crippen LogP contribution in [0.25, 0.3) is 0 Å². The fourth-order valence-corrected chi connectivity index (χ4v) is 3.66. The van der Waals surface area contributed by atoms with Crippen LogP contribution in [-0.2, 0) is 26.2 Å². The van der Waals surface area contributed by atoms with Crippen molar-refractivity contribution >= 4 is 11.3 Å². The zero-order chi connectivity index (χ0) is 19.8. The van der Waals surface area contributed by atoms with Gasteiger partial charge in [-0.1, -0.05) is 36.4 Å². The third-order valence-corrected chi connectivity index (χ3v) is 5.18. The summed E-state index contributed by atoms with van der Waals surface area (Å²) in [6.07, 6.45) is 0. The zero-order valence-corrected chi connectivity index (χ0v) is 17.6. The molecule has 0 radical (unpaired) electrons. The summed E-state index contributed by atoms with van der Waals surface area (Å²) in [4.78, 5) is 3.38. The monoisotopic (exact) mass is 396 g/mol. The van der Waals surface area contributed by atoms with E-state index in [-0.39, 0.29) is 0 Å². The zero-order valence-electron chi connectivity index (χ0n) is 16.8. The van der Waals surface area contributed by atoms with Gasteiger partial charge in [0.2, 0.25) is 0 Å². The van der Waals surface area contributed by atoms with Crippen molar-refractivity contribution in [3.8, 4) is 11.5 Å². The minimum Gasteiger partial charge on any atom is -0.493 e. The van der Waals surface area contributed by atoms with E-state index >= 15 is 0 Å². The van der Waals surface area contributed by atoms with Crippen molar-refractivity contribution in [1.82, 2.24) is 10.2 Å². The summed E-state index contributed by atoms with van der Waals surface area (Å²) in [6, 6.07) is 18.9. The maximum Gasteiger partial charge on any atom is 0.161 e. The van der Waals surface area contributed by atoms with Crippen LogP contribution in [0.1, 0.15) is 21.6 Å². The molecule has 1 aromatic heterocycles. The molecule has 0 aliphatic heterocycles. The fourth-order valence-electron chi connectivity index (χ4n) is 3.04. The first-order valence-corrected chi connectivity index (χ1v) is 10.3. The molecule has 0 aliphatic carbocycles. The average molecular weight is 397 g/mol. The van der Waals surface area contributed by atoms with E-state index in [1.165, 1.54) is 21.6 Å². The Balaban J connectivity index is 1.54. The predicted molar refractivity (Wildman–Crippen MR) is 116 cm³/mol. The van der Waals surface area contributed by atoms with Crippen LogP contribution in [0.2, 0.25) is 0 Å². The lowest BCUT2D eigenvalue weighted by atomic mass is 10.1. The van der Waals surface area contributed by atoms with E-state index in [1.807, 2.05) is 18.2 Å². The van der Waals surface area contributed by atoms with Gasteiger partial charge in [-0.3, -0.25) is 0 Å². The molecule has 0 spiro atoms. The third kappa shape index (κ3) is 6.09. The molecular weight excluding hydrogens is 368 g/mol. The summed E-state index contributed by atoms with van der Waals surface area (Å²) in [5.74, 6) is 1.54. The highest BCUT2D eigenvalue weighted by Gasteiger charge is 2.07. The van der Waals surface area contributed by atoms with Crippen molar-refractivity contribution in [2.24, 2.45) is 0 Å². The van der Waals surface area contributed by atoms with Gasteiger partial charge in [-0.05, 0) is 54.4 Å². The normalized spacial score (nSPS) is 11.0. The van der Waals surface area contributed by atoms with E-state index in [2.05, 4.69) is 66.1 Å². The molecular formula is C23H28N2O2S. The summed E-state index contributed by atoms with van der Waals surface area (Å²) in [7, 11) is 5.86. The van der Waals surface area contributed by atoms with Gasteiger partial charge in [0, 0.05) is 24.5 Å². The molecule has 5 heteroatoms. The van der Waals surface area contributed by atoms with Gasteiger partial charge in [-0.25, -0.2) is 0 Å². The van der Waals surface area contributed by atoms with Crippen molar-refractivity contribution in [3.05, 3.63) is 81.5 Å². The highest BCUT2D eigenvalue weighted by atomic mass is 32.1. The Kier molecular flexibility index (Phi) is 7.48. The van der Waals surface area contributed by atoms with E-state index in [9.17, 15) is 0 Å². The number of rotatable bonds is 10. The SMILES string of the molecule is COc1cc(CNCc2cccc(CN(C)C)c2)ccc1OCc1cccs1. The summed E-state index contributed by atoms with van der Waals surface area (Å²) in [6.45, 7) is 3.13. The molecule has 1 heterocycles. The topological polar surface area (TPSA) is 33.7 Å². The van der Waals surface area contributed by atoms with Crippen molar-refractivity contribution in [3.63, 3.8) is 0 Å². The van der Waals surface area contributed by atoms with E-state index in [0.29, 0.717) is 6.61 Å². The van der Waals surface area contributed by atoms with E-state index in [0.717, 1.165) is 31.1 Å². The largest absolute Gasteiger partial charge is 0.493 e. The molecule has 0 fully saturated rings. The molecule has 3 rings (SSSR count). The van der Waals surface area contributed by atoms with Crippen molar-refractivity contribution in [2.45, 2.75) is 26.2 Å². The van der Waals surface area contributed by atoms with E-state index < -0.39 is 0 Å². The van der Waals surface area contributed by atoms with Crippen LogP contribution in [0, 0.1) is 0 Å². The van der Waals surface area contributed by atoms with Gasteiger partial charge in [-0.2, -0.15) is 0 Å². The first-order chi connectivity index (χ1) is 13.6. The van der Waals surface area contributed by atoms with Gasteiger partial charge in [0.15, 0.2) is 11.5 Å². The number of methoxy groups -OCH3 is 1. The van der Waals surface area contributed by atoms with Gasteiger partial charge in [0.05, 0.1) is 7.11 Å². The minimum absolute atomic E-state index is 0.564. The maximum absolute atomic E-state index is 5.91. The van der Waals surface area contributed by atoms with Crippen LogP contribution in [0.5, 0.6) is 11.5 Å². The first kappa shape index (κ1) is 20.4. The molecule has 0 aliphatic rings. The molecule has 3 aromatic rings. The summed E-state index contributed by atoms with van der Waals surface area (Å²) in [5.41, 5.74) is 3.80. The lowest BCUT2D eigenvalue weighted by molar-refractivity contribution is 0.287. The van der Waals surface area contributed by atoms with Crippen LogP contribution >= 0.6 is 11.3 Å². The van der Waals surface area contributed by atoms with Gasteiger partial charge in [-0.15, -0.1) is 11.3 Å². The molecule has 148 valence electrons. The predicted octanol–water partition coefficient (Wildman–Crippen LogP) is 4.69. The number of benzene rings is 2. The minimum atomic E-state index is 0.564. The summed E-state index contributed by atoms with van der Waals surface area (Å²) < 4.78 is 11.4. The van der Waals surface area contributed by atoms with Crippen LogP contribution in [0.4, 0.5) is 0 Å². The first-order valence-electron chi connectivity index (χ1n) is 9.39. The lowest BCUT2D eigenvalue weighted by Crippen LogP contribution is -2.14. The van der Waals surface area contributed by atoms with Crippen molar-refractivity contribution < 1.29 is 9.47 Å². The van der Waals surface area contributed by atoms with Crippen LogP contribution < -0.4 is 14.8 Å². The molecule has 0 unspecified atom stereocenters. The van der Waals surface area contributed by atoms with Gasteiger partial charge >= 0.3 is 0 Å². The molecule has 0 saturated carbocycles. The molecule has 0 amide bonds. The van der Waals surface area contributed by atoms with Crippen molar-refractivity contribution in [2.75, 3.05) is 21.2 Å². The number of nitrogens with zero attached hydrogens (tertiary/aromatic N) is 1. The quantitative estimate of drug-likeness (QED) is 0.539. The molecule has 2 aromatic carbocycles. The second-order valence-electron chi connectivity index (χ2n) is 7.01. The second-order valence-corrected chi connectivity index (χ2v) is 8.05. The van der Waals surface area contributed by atoms with Gasteiger partial charge in [0.1, 0.15) is 6.61 Å². The molecule has 28 heavy (non-hydrogen) atoms. The Labute approximate surface area is 171 Å². The molecule has 4 nitrogen and oxygen atoms in total. The third-order valence-electron chi connectivity index (χ3n) is 4.33. The van der Waals surface area contributed by atoms with Gasteiger partial charge in [0.25, 0.3) is 0 Å². The Morgan fingerprint density at radius 2 is 1.68 bits per heavy atom. The van der Waals surface area contributed by atoms with Crippen LogP contribution in [-0.4, -0.2) is 26.1 Å².